The van der Waals surface area contributed by atoms with E-state index in [0.717, 1.165) is 44.6 Å². The third-order valence-electron chi connectivity index (χ3n) is 14.2. The van der Waals surface area contributed by atoms with Crippen LogP contribution in [0.4, 0.5) is 0 Å². The molecular weight excluding hydrogens is 833 g/mol. The second-order valence-corrected chi connectivity index (χ2v) is 18.0. The predicted molar refractivity (Wildman–Crippen MR) is 287 cm³/mol. The Morgan fingerprint density at radius 3 is 1.52 bits per heavy atom. The monoisotopic (exact) mass is 876 g/mol. The molecule has 1 aliphatic rings. The van der Waals surface area contributed by atoms with Gasteiger partial charge in [-0.25, -0.2) is 9.97 Å². The SMILES string of the molecule is c1ccc(-c2ccc(-c3nc(-c4ccc5ccccc5c4)cc(-c4ccc(-c5cccc(-c6cccc7c6-c6ccccc6C7(c6ccccc6)c6ccccc6)c5)c5ccccc45)n3)cc2)cc1. The number of hydrogen-bond acceptors (Lipinski definition) is 2. The lowest BCUT2D eigenvalue weighted by Gasteiger charge is -2.34. The predicted octanol–water partition coefficient (Wildman–Crippen LogP) is 17.1. The van der Waals surface area contributed by atoms with E-state index >= 15 is 0 Å². The van der Waals surface area contributed by atoms with Gasteiger partial charge in [0.05, 0.1) is 16.8 Å². The van der Waals surface area contributed by atoms with Gasteiger partial charge >= 0.3 is 0 Å². The molecule has 2 nitrogen and oxygen atoms in total. The Bertz CT molecular complexity index is 3840. The maximum absolute atomic E-state index is 5.37. The first-order valence-electron chi connectivity index (χ1n) is 23.7. The second-order valence-electron chi connectivity index (χ2n) is 18.0. The van der Waals surface area contributed by atoms with Crippen LogP contribution in [0.25, 0.3) is 100.0 Å². The molecule has 1 aliphatic carbocycles. The molecule has 1 aromatic heterocycles. The lowest BCUT2D eigenvalue weighted by Crippen LogP contribution is -2.28. The Balaban J connectivity index is 0.948. The molecule has 0 radical (unpaired) electrons. The van der Waals surface area contributed by atoms with Crippen molar-refractivity contribution < 1.29 is 0 Å². The van der Waals surface area contributed by atoms with Crippen molar-refractivity contribution in [2.45, 2.75) is 5.41 Å². The standard InChI is InChI=1S/C67H44N2/c1-4-18-45(19-5-1)47-34-37-48(38-35-47)66-68-63(52-39-36-46-20-10-11-21-49(46)42-52)44-64(69-66)59-41-40-55(57-28-12-13-29-58(57)59)50-22-16-23-51(43-50)56-31-17-33-62-65(56)60-30-14-15-32-61(60)67(62,53-24-6-2-7-25-53)54-26-8-3-9-27-54/h1-44H. The zero-order valence-electron chi connectivity index (χ0n) is 37.8. The third-order valence-corrected chi connectivity index (χ3v) is 14.2. The Morgan fingerprint density at radius 2 is 0.768 bits per heavy atom. The Kier molecular flexibility index (Phi) is 9.77. The molecule has 0 bridgehead atoms. The van der Waals surface area contributed by atoms with E-state index in [1.165, 1.54) is 71.8 Å². The summed E-state index contributed by atoms with van der Waals surface area (Å²) >= 11 is 0. The summed E-state index contributed by atoms with van der Waals surface area (Å²) in [6.45, 7) is 0. The molecule has 12 aromatic rings. The number of nitrogens with zero attached hydrogens (tertiary/aromatic N) is 2. The quantitative estimate of drug-likeness (QED) is 0.152. The van der Waals surface area contributed by atoms with Crippen molar-refractivity contribution >= 4 is 21.5 Å². The molecule has 0 N–H and O–H groups in total. The maximum atomic E-state index is 5.37. The zero-order chi connectivity index (χ0) is 45.7. The summed E-state index contributed by atoms with van der Waals surface area (Å²) < 4.78 is 0. The highest BCUT2D eigenvalue weighted by Crippen LogP contribution is 2.58. The summed E-state index contributed by atoms with van der Waals surface area (Å²) in [5, 5.41) is 4.69. The van der Waals surface area contributed by atoms with Crippen LogP contribution in [-0.2, 0) is 5.41 Å². The third kappa shape index (κ3) is 6.80. The van der Waals surface area contributed by atoms with Crippen molar-refractivity contribution in [3.8, 4) is 78.4 Å². The lowest BCUT2D eigenvalue weighted by molar-refractivity contribution is 0.768. The van der Waals surface area contributed by atoms with Crippen LogP contribution in [0.5, 0.6) is 0 Å². The number of rotatable bonds is 8. The minimum Gasteiger partial charge on any atom is -0.228 e. The Labute approximate surface area is 402 Å². The molecule has 322 valence electrons. The van der Waals surface area contributed by atoms with Crippen LogP contribution < -0.4 is 0 Å². The van der Waals surface area contributed by atoms with Crippen LogP contribution in [0.15, 0.2) is 267 Å². The van der Waals surface area contributed by atoms with Crippen molar-refractivity contribution in [2.24, 2.45) is 0 Å². The summed E-state index contributed by atoms with van der Waals surface area (Å²) in [4.78, 5) is 10.6. The smallest absolute Gasteiger partial charge is 0.160 e. The number of benzene rings is 11. The molecule has 0 unspecified atom stereocenters. The first kappa shape index (κ1) is 40.3. The molecule has 0 saturated heterocycles. The van der Waals surface area contributed by atoms with Crippen LogP contribution in [-0.4, -0.2) is 9.97 Å². The molecule has 2 heteroatoms. The molecule has 69 heavy (non-hydrogen) atoms. The van der Waals surface area contributed by atoms with Gasteiger partial charge in [0, 0.05) is 16.7 Å². The first-order chi connectivity index (χ1) is 34.2. The Morgan fingerprint density at radius 1 is 0.261 bits per heavy atom. The molecular formula is C67H44N2. The van der Waals surface area contributed by atoms with Gasteiger partial charge in [0.2, 0.25) is 0 Å². The molecule has 11 aromatic carbocycles. The van der Waals surface area contributed by atoms with Crippen molar-refractivity contribution in [2.75, 3.05) is 0 Å². The molecule has 0 atom stereocenters. The molecule has 1 heterocycles. The van der Waals surface area contributed by atoms with Gasteiger partial charge in [-0.15, -0.1) is 0 Å². The second kappa shape index (κ2) is 16.7. The van der Waals surface area contributed by atoms with Crippen LogP contribution >= 0.6 is 0 Å². The summed E-state index contributed by atoms with van der Waals surface area (Å²) in [5.41, 5.74) is 19.2. The van der Waals surface area contributed by atoms with E-state index < -0.39 is 5.41 Å². The normalized spacial score (nSPS) is 12.5. The van der Waals surface area contributed by atoms with Gasteiger partial charge in [-0.2, -0.15) is 0 Å². The summed E-state index contributed by atoms with van der Waals surface area (Å²) in [6, 6.07) is 96.7. The summed E-state index contributed by atoms with van der Waals surface area (Å²) in [7, 11) is 0. The van der Waals surface area contributed by atoms with E-state index in [9.17, 15) is 0 Å². The van der Waals surface area contributed by atoms with Crippen LogP contribution in [0.2, 0.25) is 0 Å². The Hall–Kier alpha value is -8.98. The lowest BCUT2D eigenvalue weighted by atomic mass is 9.67. The summed E-state index contributed by atoms with van der Waals surface area (Å²) in [6.07, 6.45) is 0. The van der Waals surface area contributed by atoms with E-state index in [4.69, 9.17) is 9.97 Å². The maximum Gasteiger partial charge on any atom is 0.160 e. The molecule has 0 amide bonds. The van der Waals surface area contributed by atoms with Gasteiger partial charge in [0.1, 0.15) is 0 Å². The fourth-order valence-corrected chi connectivity index (χ4v) is 11.0. The van der Waals surface area contributed by atoms with Crippen LogP contribution in [0, 0.1) is 0 Å². The minimum absolute atomic E-state index is 0.464. The van der Waals surface area contributed by atoms with Gasteiger partial charge in [-0.3, -0.25) is 0 Å². The van der Waals surface area contributed by atoms with Gasteiger partial charge in [0.25, 0.3) is 0 Å². The highest BCUT2D eigenvalue weighted by atomic mass is 14.9. The summed E-state index contributed by atoms with van der Waals surface area (Å²) in [5.74, 6) is 0.691. The molecule has 0 aliphatic heterocycles. The number of hydrogen-bond donors (Lipinski definition) is 0. The first-order valence-corrected chi connectivity index (χ1v) is 23.7. The molecule has 13 rings (SSSR count). The van der Waals surface area contributed by atoms with Crippen molar-refractivity contribution in [3.63, 3.8) is 0 Å². The number of aromatic nitrogens is 2. The molecule has 0 fully saturated rings. The van der Waals surface area contributed by atoms with E-state index in [-0.39, 0.29) is 0 Å². The fraction of sp³-hybridized carbons (Fsp3) is 0.0149. The minimum atomic E-state index is -0.464. The number of fused-ring (bicyclic) bond motifs is 5. The van der Waals surface area contributed by atoms with Crippen LogP contribution in [0.3, 0.4) is 0 Å². The van der Waals surface area contributed by atoms with Gasteiger partial charge in [0.15, 0.2) is 5.82 Å². The van der Waals surface area contributed by atoms with Crippen molar-refractivity contribution in [3.05, 3.63) is 289 Å². The fourth-order valence-electron chi connectivity index (χ4n) is 11.0. The van der Waals surface area contributed by atoms with Gasteiger partial charge < -0.3 is 0 Å². The van der Waals surface area contributed by atoms with Crippen molar-refractivity contribution in [1.29, 1.82) is 0 Å². The average Bonchev–Trinajstić information content (AvgIpc) is 3.74. The van der Waals surface area contributed by atoms with Gasteiger partial charge in [-0.05, 0) is 107 Å². The topological polar surface area (TPSA) is 25.8 Å². The largest absolute Gasteiger partial charge is 0.228 e. The molecule has 0 saturated carbocycles. The van der Waals surface area contributed by atoms with E-state index in [2.05, 4.69) is 267 Å². The van der Waals surface area contributed by atoms with E-state index in [1.54, 1.807) is 0 Å². The van der Waals surface area contributed by atoms with Crippen LogP contribution in [0.1, 0.15) is 22.3 Å². The zero-order valence-corrected chi connectivity index (χ0v) is 37.8. The van der Waals surface area contributed by atoms with Crippen molar-refractivity contribution in [1.82, 2.24) is 9.97 Å². The van der Waals surface area contributed by atoms with E-state index in [1.807, 2.05) is 0 Å². The van der Waals surface area contributed by atoms with Gasteiger partial charge in [-0.1, -0.05) is 249 Å². The van der Waals surface area contributed by atoms with E-state index in [0.29, 0.717) is 5.82 Å². The highest BCUT2D eigenvalue weighted by Gasteiger charge is 2.46. The highest BCUT2D eigenvalue weighted by molar-refractivity contribution is 6.05. The average molecular weight is 877 g/mol. The molecule has 0 spiro atoms.